The van der Waals surface area contributed by atoms with E-state index in [0.717, 1.165) is 0 Å². The first-order chi connectivity index (χ1) is 6.63. The van der Waals surface area contributed by atoms with Gasteiger partial charge in [-0.25, -0.2) is 0 Å². The SMILES string of the molecule is N#Cc1cnn(CCC(N)C(=O)O)c1. The van der Waals surface area contributed by atoms with Gasteiger partial charge in [0.25, 0.3) is 0 Å². The summed E-state index contributed by atoms with van der Waals surface area (Å²) in [5, 5.41) is 20.9. The molecule has 0 saturated carbocycles. The normalized spacial score (nSPS) is 12.0. The lowest BCUT2D eigenvalue weighted by molar-refractivity contribution is -0.138. The summed E-state index contributed by atoms with van der Waals surface area (Å²) in [6, 6.07) is 1.04. The largest absolute Gasteiger partial charge is 0.480 e. The summed E-state index contributed by atoms with van der Waals surface area (Å²) in [6.07, 6.45) is 3.27. The molecule has 74 valence electrons. The molecule has 0 spiro atoms. The molecule has 0 aliphatic heterocycles. The van der Waals surface area contributed by atoms with Crippen LogP contribution < -0.4 is 5.73 Å². The second kappa shape index (κ2) is 4.39. The van der Waals surface area contributed by atoms with Crippen molar-refractivity contribution in [1.82, 2.24) is 9.78 Å². The van der Waals surface area contributed by atoms with E-state index in [1.54, 1.807) is 6.20 Å². The van der Waals surface area contributed by atoms with Gasteiger partial charge >= 0.3 is 5.97 Å². The van der Waals surface area contributed by atoms with Gasteiger partial charge in [0.1, 0.15) is 12.1 Å². The quantitative estimate of drug-likeness (QED) is 0.675. The molecule has 1 aromatic heterocycles. The van der Waals surface area contributed by atoms with Crippen LogP contribution >= 0.6 is 0 Å². The number of aryl methyl sites for hydroxylation is 1. The molecule has 0 aromatic carbocycles. The van der Waals surface area contributed by atoms with Gasteiger partial charge in [0.2, 0.25) is 0 Å². The van der Waals surface area contributed by atoms with Crippen LogP contribution in [0, 0.1) is 11.3 Å². The van der Waals surface area contributed by atoms with E-state index < -0.39 is 12.0 Å². The van der Waals surface area contributed by atoms with E-state index in [9.17, 15) is 4.79 Å². The van der Waals surface area contributed by atoms with Crippen molar-refractivity contribution < 1.29 is 9.90 Å². The predicted octanol–water partition coefficient (Wildman–Crippen LogP) is -0.443. The molecule has 0 radical (unpaired) electrons. The molecule has 3 N–H and O–H groups in total. The van der Waals surface area contributed by atoms with E-state index in [2.05, 4.69) is 5.10 Å². The van der Waals surface area contributed by atoms with Gasteiger partial charge in [-0.3, -0.25) is 9.48 Å². The maximum atomic E-state index is 10.4. The third-order valence-corrected chi connectivity index (χ3v) is 1.75. The number of carboxylic acids is 1. The fourth-order valence-electron chi connectivity index (χ4n) is 0.938. The lowest BCUT2D eigenvalue weighted by atomic mass is 10.2. The minimum Gasteiger partial charge on any atom is -0.480 e. The Labute approximate surface area is 80.6 Å². The average molecular weight is 194 g/mol. The number of aromatic nitrogens is 2. The van der Waals surface area contributed by atoms with Gasteiger partial charge in [-0.15, -0.1) is 0 Å². The molecule has 1 rings (SSSR count). The summed E-state index contributed by atoms with van der Waals surface area (Å²) in [5.41, 5.74) is 5.75. The van der Waals surface area contributed by atoms with Gasteiger partial charge in [0.15, 0.2) is 0 Å². The van der Waals surface area contributed by atoms with E-state index in [-0.39, 0.29) is 0 Å². The number of rotatable bonds is 4. The van der Waals surface area contributed by atoms with Gasteiger partial charge < -0.3 is 10.8 Å². The van der Waals surface area contributed by atoms with Crippen LogP contribution in [0.2, 0.25) is 0 Å². The zero-order chi connectivity index (χ0) is 10.6. The van der Waals surface area contributed by atoms with Gasteiger partial charge in [-0.1, -0.05) is 0 Å². The Morgan fingerprint density at radius 1 is 1.86 bits per heavy atom. The highest BCUT2D eigenvalue weighted by atomic mass is 16.4. The van der Waals surface area contributed by atoms with E-state index >= 15 is 0 Å². The molecule has 1 aromatic rings. The number of nitrogens with two attached hydrogens (primary N) is 1. The Morgan fingerprint density at radius 3 is 3.07 bits per heavy atom. The number of hydrogen-bond donors (Lipinski definition) is 2. The molecule has 0 aliphatic carbocycles. The summed E-state index contributed by atoms with van der Waals surface area (Å²) in [5.74, 6) is -1.03. The molecule has 1 unspecified atom stereocenters. The van der Waals surface area contributed by atoms with Crippen LogP contribution in [-0.2, 0) is 11.3 Å². The first-order valence-corrected chi connectivity index (χ1v) is 4.04. The number of aliphatic carboxylic acids is 1. The molecule has 0 amide bonds. The predicted molar refractivity (Wildman–Crippen MR) is 47.2 cm³/mol. The smallest absolute Gasteiger partial charge is 0.320 e. The summed E-state index contributed by atoms with van der Waals surface area (Å²) in [6.45, 7) is 0.398. The van der Waals surface area contributed by atoms with Crippen molar-refractivity contribution in [1.29, 1.82) is 5.26 Å². The molecule has 1 heterocycles. The van der Waals surface area contributed by atoms with Gasteiger partial charge in [0, 0.05) is 12.7 Å². The van der Waals surface area contributed by atoms with Crippen LogP contribution in [0.1, 0.15) is 12.0 Å². The molecular formula is C8H10N4O2. The third-order valence-electron chi connectivity index (χ3n) is 1.75. The summed E-state index contributed by atoms with van der Waals surface area (Å²) in [4.78, 5) is 10.4. The molecule has 6 heteroatoms. The minimum absolute atomic E-state index is 0.294. The maximum Gasteiger partial charge on any atom is 0.320 e. The Morgan fingerprint density at radius 2 is 2.57 bits per heavy atom. The fraction of sp³-hybridized carbons (Fsp3) is 0.375. The van der Waals surface area contributed by atoms with Crippen molar-refractivity contribution in [2.45, 2.75) is 19.0 Å². The van der Waals surface area contributed by atoms with Crippen LogP contribution in [0.25, 0.3) is 0 Å². The van der Waals surface area contributed by atoms with Crippen LogP contribution in [0.3, 0.4) is 0 Å². The van der Waals surface area contributed by atoms with Crippen LogP contribution in [0.4, 0.5) is 0 Å². The number of carboxylic acid groups (broad SMARTS) is 1. The van der Waals surface area contributed by atoms with Crippen molar-refractivity contribution in [2.24, 2.45) is 5.73 Å². The van der Waals surface area contributed by atoms with E-state index in [1.165, 1.54) is 10.9 Å². The third kappa shape index (κ3) is 2.57. The highest BCUT2D eigenvalue weighted by Crippen LogP contribution is 1.98. The summed E-state index contributed by atoms with van der Waals surface area (Å²) < 4.78 is 1.50. The zero-order valence-corrected chi connectivity index (χ0v) is 7.42. The second-order valence-corrected chi connectivity index (χ2v) is 2.84. The van der Waals surface area contributed by atoms with Crippen molar-refractivity contribution >= 4 is 5.97 Å². The van der Waals surface area contributed by atoms with Crippen molar-refractivity contribution in [2.75, 3.05) is 0 Å². The Bertz CT molecular complexity index is 366. The second-order valence-electron chi connectivity index (χ2n) is 2.84. The highest BCUT2D eigenvalue weighted by molar-refractivity contribution is 5.72. The van der Waals surface area contributed by atoms with Crippen molar-refractivity contribution in [3.63, 3.8) is 0 Å². The lowest BCUT2D eigenvalue weighted by Crippen LogP contribution is -2.31. The molecule has 0 saturated heterocycles. The molecular weight excluding hydrogens is 184 g/mol. The van der Waals surface area contributed by atoms with Gasteiger partial charge in [-0.2, -0.15) is 10.4 Å². The first-order valence-electron chi connectivity index (χ1n) is 4.04. The number of nitrogens with zero attached hydrogens (tertiary/aromatic N) is 3. The van der Waals surface area contributed by atoms with E-state index in [4.69, 9.17) is 16.1 Å². The fourth-order valence-corrected chi connectivity index (χ4v) is 0.938. The van der Waals surface area contributed by atoms with Gasteiger partial charge in [0.05, 0.1) is 11.8 Å². The number of nitriles is 1. The standard InChI is InChI=1S/C8H10N4O2/c9-3-6-4-11-12(5-6)2-1-7(10)8(13)14/h4-5,7H,1-2,10H2,(H,13,14). The highest BCUT2D eigenvalue weighted by Gasteiger charge is 2.11. The Balaban J connectivity index is 2.46. The maximum absolute atomic E-state index is 10.4. The molecule has 14 heavy (non-hydrogen) atoms. The Kier molecular flexibility index (Phi) is 3.20. The van der Waals surface area contributed by atoms with E-state index in [0.29, 0.717) is 18.5 Å². The van der Waals surface area contributed by atoms with Crippen LogP contribution in [0.5, 0.6) is 0 Å². The topological polar surface area (TPSA) is 105 Å². The minimum atomic E-state index is -1.03. The van der Waals surface area contributed by atoms with E-state index in [1.807, 2.05) is 6.07 Å². The Hall–Kier alpha value is -1.87. The lowest BCUT2D eigenvalue weighted by Gasteiger charge is -2.05. The summed E-state index contributed by atoms with van der Waals surface area (Å²) >= 11 is 0. The van der Waals surface area contributed by atoms with Crippen molar-refractivity contribution in [3.8, 4) is 6.07 Å². The van der Waals surface area contributed by atoms with Gasteiger partial charge in [-0.05, 0) is 6.42 Å². The monoisotopic (exact) mass is 194 g/mol. The molecule has 6 nitrogen and oxygen atoms in total. The molecule has 1 atom stereocenters. The average Bonchev–Trinajstić information content (AvgIpc) is 2.61. The first kappa shape index (κ1) is 10.2. The molecule has 0 bridgehead atoms. The summed E-state index contributed by atoms with van der Waals surface area (Å²) in [7, 11) is 0. The number of carbonyl (C=O) groups is 1. The zero-order valence-electron chi connectivity index (χ0n) is 7.42. The molecule has 0 aliphatic rings. The molecule has 0 fully saturated rings. The van der Waals surface area contributed by atoms with Crippen LogP contribution in [-0.4, -0.2) is 26.9 Å². The van der Waals surface area contributed by atoms with Crippen molar-refractivity contribution in [3.05, 3.63) is 18.0 Å². The van der Waals surface area contributed by atoms with Crippen LogP contribution in [0.15, 0.2) is 12.4 Å². The number of hydrogen-bond acceptors (Lipinski definition) is 4.